The monoisotopic (exact) mass is 281 g/mol. The second kappa shape index (κ2) is 5.60. The first kappa shape index (κ1) is 13.9. The van der Waals surface area contributed by atoms with Crippen LogP contribution in [0.3, 0.4) is 0 Å². The van der Waals surface area contributed by atoms with Crippen molar-refractivity contribution in [3.63, 3.8) is 0 Å². The lowest BCUT2D eigenvalue weighted by molar-refractivity contribution is -0.137. The Morgan fingerprint density at radius 3 is 2.50 bits per heavy atom. The molecule has 20 heavy (non-hydrogen) atoms. The molecular weight excluding hydrogens is 271 g/mol. The maximum Gasteiger partial charge on any atom is 0.417 e. The van der Waals surface area contributed by atoms with Gasteiger partial charge >= 0.3 is 6.18 Å². The third-order valence-electron chi connectivity index (χ3n) is 2.41. The van der Waals surface area contributed by atoms with Gasteiger partial charge in [-0.15, -0.1) is 0 Å². The van der Waals surface area contributed by atoms with E-state index in [9.17, 15) is 18.3 Å². The molecule has 0 fully saturated rings. The first-order chi connectivity index (χ1) is 9.47. The van der Waals surface area contributed by atoms with Gasteiger partial charge in [-0.25, -0.2) is 4.98 Å². The summed E-state index contributed by atoms with van der Waals surface area (Å²) in [5.41, 5.74) is 2.13. The van der Waals surface area contributed by atoms with Gasteiger partial charge in [-0.05, 0) is 24.3 Å². The Balaban J connectivity index is 2.03. The van der Waals surface area contributed by atoms with Gasteiger partial charge in [0.1, 0.15) is 11.6 Å². The van der Waals surface area contributed by atoms with Crippen LogP contribution in [0, 0.1) is 0 Å². The summed E-state index contributed by atoms with van der Waals surface area (Å²) in [4.78, 5) is 3.59. The van der Waals surface area contributed by atoms with Crippen molar-refractivity contribution in [3.05, 3.63) is 53.7 Å². The second-order valence-corrected chi connectivity index (χ2v) is 3.86. The quantitative estimate of drug-likeness (QED) is 0.670. The molecule has 0 aliphatic rings. The largest absolute Gasteiger partial charge is 0.507 e. The number of aromatic hydroxyl groups is 1. The van der Waals surface area contributed by atoms with E-state index in [0.29, 0.717) is 5.56 Å². The molecule has 2 aromatic rings. The van der Waals surface area contributed by atoms with Crippen LogP contribution in [0.15, 0.2) is 47.7 Å². The summed E-state index contributed by atoms with van der Waals surface area (Å²) < 4.78 is 37.0. The van der Waals surface area contributed by atoms with Crippen molar-refractivity contribution < 1.29 is 18.3 Å². The summed E-state index contributed by atoms with van der Waals surface area (Å²) in [6, 6.07) is 8.60. The number of rotatable bonds is 3. The van der Waals surface area contributed by atoms with Gasteiger partial charge in [0.05, 0.1) is 11.8 Å². The van der Waals surface area contributed by atoms with Crippen LogP contribution in [-0.2, 0) is 6.18 Å². The van der Waals surface area contributed by atoms with Gasteiger partial charge in [-0.2, -0.15) is 18.3 Å². The van der Waals surface area contributed by atoms with E-state index in [0.717, 1.165) is 12.3 Å². The lowest BCUT2D eigenvalue weighted by atomic mass is 10.2. The number of benzene rings is 1. The zero-order valence-electron chi connectivity index (χ0n) is 10.1. The fraction of sp³-hybridized carbons (Fsp3) is 0.0769. The van der Waals surface area contributed by atoms with Crippen molar-refractivity contribution in [3.8, 4) is 5.75 Å². The molecular formula is C13H10F3N3O. The minimum absolute atomic E-state index is 0.0541. The van der Waals surface area contributed by atoms with Crippen molar-refractivity contribution in [1.82, 2.24) is 4.98 Å². The predicted molar refractivity (Wildman–Crippen MR) is 68.6 cm³/mol. The zero-order valence-corrected chi connectivity index (χ0v) is 10.1. The molecule has 0 bridgehead atoms. The van der Waals surface area contributed by atoms with E-state index in [4.69, 9.17) is 0 Å². The number of nitrogens with zero attached hydrogens (tertiary/aromatic N) is 2. The van der Waals surface area contributed by atoms with Crippen molar-refractivity contribution >= 4 is 12.0 Å². The standard InChI is InChI=1S/C13H10F3N3O/c14-13(15,16)10-5-6-12(17-8-10)19-18-7-9-3-1-2-4-11(9)20/h1-8,20H,(H,17,19). The van der Waals surface area contributed by atoms with E-state index in [1.54, 1.807) is 18.2 Å². The third kappa shape index (κ3) is 3.47. The molecule has 0 aliphatic carbocycles. The van der Waals surface area contributed by atoms with Crippen molar-refractivity contribution in [2.45, 2.75) is 6.18 Å². The van der Waals surface area contributed by atoms with Gasteiger partial charge in [0.25, 0.3) is 0 Å². The van der Waals surface area contributed by atoms with Gasteiger partial charge in [0.15, 0.2) is 0 Å². The molecule has 0 amide bonds. The number of nitrogens with one attached hydrogen (secondary N) is 1. The average molecular weight is 281 g/mol. The van der Waals surface area contributed by atoms with Gasteiger partial charge in [-0.3, -0.25) is 5.43 Å². The highest BCUT2D eigenvalue weighted by Crippen LogP contribution is 2.28. The van der Waals surface area contributed by atoms with E-state index in [2.05, 4.69) is 15.5 Å². The Labute approximate surface area is 112 Å². The number of anilines is 1. The summed E-state index contributed by atoms with van der Waals surface area (Å²) >= 11 is 0. The molecule has 7 heteroatoms. The number of aromatic nitrogens is 1. The van der Waals surface area contributed by atoms with E-state index >= 15 is 0 Å². The number of hydrogen-bond donors (Lipinski definition) is 2. The van der Waals surface area contributed by atoms with Gasteiger partial charge < -0.3 is 5.11 Å². The average Bonchev–Trinajstić information content (AvgIpc) is 2.40. The van der Waals surface area contributed by atoms with E-state index in [1.807, 2.05) is 0 Å². The summed E-state index contributed by atoms with van der Waals surface area (Å²) in [6.07, 6.45) is -2.35. The van der Waals surface area contributed by atoms with Crippen LogP contribution in [0.2, 0.25) is 0 Å². The fourth-order valence-corrected chi connectivity index (χ4v) is 1.39. The molecule has 4 nitrogen and oxygen atoms in total. The smallest absolute Gasteiger partial charge is 0.417 e. The number of hydrogen-bond acceptors (Lipinski definition) is 4. The molecule has 0 unspecified atom stereocenters. The second-order valence-electron chi connectivity index (χ2n) is 3.86. The number of phenolic OH excluding ortho intramolecular Hbond substituents is 1. The molecule has 1 heterocycles. The normalized spacial score (nSPS) is 11.8. The molecule has 1 aromatic carbocycles. The minimum Gasteiger partial charge on any atom is -0.507 e. The lowest BCUT2D eigenvalue weighted by Crippen LogP contribution is -2.05. The summed E-state index contributed by atoms with van der Waals surface area (Å²) in [7, 11) is 0. The zero-order chi connectivity index (χ0) is 14.6. The molecule has 0 radical (unpaired) electrons. The van der Waals surface area contributed by atoms with Crippen LogP contribution >= 0.6 is 0 Å². The first-order valence-corrected chi connectivity index (χ1v) is 5.57. The molecule has 2 N–H and O–H groups in total. The summed E-state index contributed by atoms with van der Waals surface area (Å²) in [6.45, 7) is 0. The number of alkyl halides is 3. The highest BCUT2D eigenvalue weighted by molar-refractivity contribution is 5.83. The van der Waals surface area contributed by atoms with Crippen molar-refractivity contribution in [2.75, 3.05) is 5.43 Å². The molecule has 0 aliphatic heterocycles. The van der Waals surface area contributed by atoms with E-state index in [1.165, 1.54) is 18.3 Å². The number of phenols is 1. The van der Waals surface area contributed by atoms with Crippen LogP contribution in [0.1, 0.15) is 11.1 Å². The third-order valence-corrected chi connectivity index (χ3v) is 2.41. The van der Waals surface area contributed by atoms with Crippen LogP contribution in [-0.4, -0.2) is 16.3 Å². The Hall–Kier alpha value is -2.57. The maximum atomic E-state index is 12.3. The van der Waals surface area contributed by atoms with Gasteiger partial charge in [0, 0.05) is 11.8 Å². The Morgan fingerprint density at radius 1 is 1.15 bits per heavy atom. The molecule has 1 aromatic heterocycles. The fourth-order valence-electron chi connectivity index (χ4n) is 1.39. The number of halogens is 3. The molecule has 0 saturated carbocycles. The van der Waals surface area contributed by atoms with Crippen LogP contribution < -0.4 is 5.43 Å². The van der Waals surface area contributed by atoms with Crippen LogP contribution in [0.25, 0.3) is 0 Å². The minimum atomic E-state index is -4.41. The number of pyridine rings is 1. The van der Waals surface area contributed by atoms with Gasteiger partial charge in [-0.1, -0.05) is 12.1 Å². The lowest BCUT2D eigenvalue weighted by Gasteiger charge is -2.06. The van der Waals surface area contributed by atoms with Crippen LogP contribution in [0.4, 0.5) is 19.0 Å². The van der Waals surface area contributed by atoms with E-state index in [-0.39, 0.29) is 11.6 Å². The summed E-state index contributed by atoms with van der Waals surface area (Å²) in [5.74, 6) is 0.225. The summed E-state index contributed by atoms with van der Waals surface area (Å²) in [5, 5.41) is 13.3. The number of hydrazone groups is 1. The van der Waals surface area contributed by atoms with E-state index < -0.39 is 11.7 Å². The Bertz CT molecular complexity index is 609. The maximum absolute atomic E-state index is 12.3. The topological polar surface area (TPSA) is 57.5 Å². The molecule has 0 spiro atoms. The van der Waals surface area contributed by atoms with Crippen molar-refractivity contribution in [1.29, 1.82) is 0 Å². The van der Waals surface area contributed by atoms with Gasteiger partial charge in [0.2, 0.25) is 0 Å². The molecule has 2 rings (SSSR count). The first-order valence-electron chi connectivity index (χ1n) is 5.57. The van der Waals surface area contributed by atoms with Crippen molar-refractivity contribution in [2.24, 2.45) is 5.10 Å². The SMILES string of the molecule is Oc1ccccc1C=NNc1ccc(C(F)(F)F)cn1. The number of para-hydroxylation sites is 1. The highest BCUT2D eigenvalue weighted by atomic mass is 19.4. The molecule has 0 saturated heterocycles. The molecule has 104 valence electrons. The Morgan fingerprint density at radius 2 is 1.90 bits per heavy atom. The predicted octanol–water partition coefficient (Wildman–Crippen LogP) is 3.25. The molecule has 0 atom stereocenters. The Kier molecular flexibility index (Phi) is 3.88. The van der Waals surface area contributed by atoms with Crippen LogP contribution in [0.5, 0.6) is 5.75 Å². The highest BCUT2D eigenvalue weighted by Gasteiger charge is 2.30.